The third kappa shape index (κ3) is 2.95. The highest BCUT2D eigenvalue weighted by atomic mass is 19.4. The van der Waals surface area contributed by atoms with Crippen LogP contribution in [0.15, 0.2) is 18.2 Å². The Morgan fingerprint density at radius 1 is 1.31 bits per heavy atom. The fourth-order valence-electron chi connectivity index (χ4n) is 1.23. The Hall–Kier alpha value is -1.59. The first-order valence-electron chi connectivity index (χ1n) is 4.38. The zero-order chi connectivity index (χ0) is 12.3. The summed E-state index contributed by atoms with van der Waals surface area (Å²) in [5, 5.41) is 8.35. The number of carbonyl (C=O) groups is 1. The Kier molecular flexibility index (Phi) is 3.51. The second-order valence-electron chi connectivity index (χ2n) is 3.17. The van der Waals surface area contributed by atoms with Gasteiger partial charge >= 0.3 is 12.1 Å². The number of carboxylic acids is 1. The molecule has 0 heterocycles. The maximum absolute atomic E-state index is 13.3. The van der Waals surface area contributed by atoms with Gasteiger partial charge in [-0.25, -0.2) is 4.39 Å². The van der Waals surface area contributed by atoms with Crippen molar-refractivity contribution in [3.63, 3.8) is 0 Å². The van der Waals surface area contributed by atoms with Crippen LogP contribution in [0.4, 0.5) is 17.6 Å². The SMILES string of the molecule is O=C(O)CCc1cccc(C(F)(F)F)c1F. The van der Waals surface area contributed by atoms with E-state index in [1.807, 2.05) is 0 Å². The van der Waals surface area contributed by atoms with Crippen LogP contribution in [-0.4, -0.2) is 11.1 Å². The second-order valence-corrected chi connectivity index (χ2v) is 3.17. The molecule has 0 aliphatic rings. The van der Waals surface area contributed by atoms with Crippen LogP contribution in [0.1, 0.15) is 17.5 Å². The molecule has 0 atom stereocenters. The average Bonchev–Trinajstić information content (AvgIpc) is 2.14. The number of hydrogen-bond donors (Lipinski definition) is 1. The monoisotopic (exact) mass is 236 g/mol. The molecule has 0 bridgehead atoms. The van der Waals surface area contributed by atoms with Gasteiger partial charge in [0, 0.05) is 6.42 Å². The second kappa shape index (κ2) is 4.51. The van der Waals surface area contributed by atoms with Gasteiger partial charge in [-0.2, -0.15) is 13.2 Å². The minimum absolute atomic E-state index is 0.239. The van der Waals surface area contributed by atoms with Crippen LogP contribution >= 0.6 is 0 Å². The predicted octanol–water partition coefficient (Wildman–Crippen LogP) is 2.86. The first-order valence-corrected chi connectivity index (χ1v) is 4.38. The summed E-state index contributed by atoms with van der Waals surface area (Å²) in [6.07, 6.45) is -5.42. The molecule has 0 radical (unpaired) electrons. The van der Waals surface area contributed by atoms with Crippen molar-refractivity contribution < 1.29 is 27.5 Å². The van der Waals surface area contributed by atoms with E-state index in [1.54, 1.807) is 0 Å². The van der Waals surface area contributed by atoms with Crippen molar-refractivity contribution in [3.05, 3.63) is 35.1 Å². The Labute approximate surface area is 88.5 Å². The topological polar surface area (TPSA) is 37.3 Å². The van der Waals surface area contributed by atoms with Crippen molar-refractivity contribution in [2.75, 3.05) is 0 Å². The van der Waals surface area contributed by atoms with E-state index in [1.165, 1.54) is 0 Å². The van der Waals surface area contributed by atoms with Crippen molar-refractivity contribution in [3.8, 4) is 0 Å². The zero-order valence-corrected chi connectivity index (χ0v) is 8.01. The third-order valence-electron chi connectivity index (χ3n) is 1.99. The van der Waals surface area contributed by atoms with Crippen LogP contribution in [0.3, 0.4) is 0 Å². The maximum Gasteiger partial charge on any atom is 0.419 e. The summed E-state index contributed by atoms with van der Waals surface area (Å²) in [6.45, 7) is 0. The van der Waals surface area contributed by atoms with Gasteiger partial charge in [0.15, 0.2) is 0 Å². The van der Waals surface area contributed by atoms with Crippen molar-refractivity contribution in [1.82, 2.24) is 0 Å². The number of carboxylic acid groups (broad SMARTS) is 1. The highest BCUT2D eigenvalue weighted by Crippen LogP contribution is 2.32. The van der Waals surface area contributed by atoms with Crippen molar-refractivity contribution in [2.24, 2.45) is 0 Å². The van der Waals surface area contributed by atoms with Gasteiger partial charge in [0.2, 0.25) is 0 Å². The molecule has 16 heavy (non-hydrogen) atoms. The lowest BCUT2D eigenvalue weighted by Crippen LogP contribution is -2.10. The molecule has 1 rings (SSSR count). The van der Waals surface area contributed by atoms with Crippen LogP contribution in [-0.2, 0) is 17.4 Å². The fraction of sp³-hybridized carbons (Fsp3) is 0.300. The Morgan fingerprint density at radius 3 is 2.44 bits per heavy atom. The Bertz CT molecular complexity index is 398. The first-order chi connectivity index (χ1) is 7.32. The molecule has 0 saturated carbocycles. The molecule has 1 N–H and O–H groups in total. The third-order valence-corrected chi connectivity index (χ3v) is 1.99. The molecule has 1 aromatic rings. The van der Waals surface area contributed by atoms with Crippen LogP contribution in [0.2, 0.25) is 0 Å². The molecule has 6 heteroatoms. The molecule has 1 aromatic carbocycles. The zero-order valence-electron chi connectivity index (χ0n) is 8.01. The van der Waals surface area contributed by atoms with Gasteiger partial charge in [-0.15, -0.1) is 0 Å². The standard InChI is InChI=1S/C10H8F4O2/c11-9-6(4-5-8(15)16)2-1-3-7(9)10(12,13)14/h1-3H,4-5H2,(H,15,16). The number of alkyl halides is 3. The molecule has 88 valence electrons. The number of benzene rings is 1. The van der Waals surface area contributed by atoms with Gasteiger partial charge in [-0.05, 0) is 18.1 Å². The molecule has 0 saturated heterocycles. The molecule has 0 aromatic heterocycles. The molecular weight excluding hydrogens is 228 g/mol. The smallest absolute Gasteiger partial charge is 0.419 e. The lowest BCUT2D eigenvalue weighted by Gasteiger charge is -2.10. The number of halogens is 4. The van der Waals surface area contributed by atoms with Gasteiger partial charge < -0.3 is 5.11 Å². The molecule has 0 aliphatic heterocycles. The minimum Gasteiger partial charge on any atom is -0.481 e. The summed E-state index contributed by atoms with van der Waals surface area (Å²) in [5.41, 5.74) is -1.60. The van der Waals surface area contributed by atoms with E-state index in [2.05, 4.69) is 0 Å². The van der Waals surface area contributed by atoms with Crippen LogP contribution in [0.25, 0.3) is 0 Å². The lowest BCUT2D eigenvalue weighted by molar-refractivity contribution is -0.140. The summed E-state index contributed by atoms with van der Waals surface area (Å²) in [7, 11) is 0. The van der Waals surface area contributed by atoms with Gasteiger partial charge in [-0.1, -0.05) is 12.1 Å². The maximum atomic E-state index is 13.3. The first kappa shape index (κ1) is 12.5. The fourth-order valence-corrected chi connectivity index (χ4v) is 1.23. The summed E-state index contributed by atoms with van der Waals surface area (Å²) < 4.78 is 50.1. The highest BCUT2D eigenvalue weighted by Gasteiger charge is 2.34. The quantitative estimate of drug-likeness (QED) is 0.819. The molecule has 0 aliphatic carbocycles. The Balaban J connectivity index is 3.00. The van der Waals surface area contributed by atoms with E-state index in [9.17, 15) is 22.4 Å². The van der Waals surface area contributed by atoms with E-state index >= 15 is 0 Å². The lowest BCUT2D eigenvalue weighted by atomic mass is 10.0. The van der Waals surface area contributed by atoms with Crippen molar-refractivity contribution >= 4 is 5.97 Å². The molecular formula is C10H8F4O2. The normalized spacial score (nSPS) is 11.5. The van der Waals surface area contributed by atoms with E-state index in [0.717, 1.165) is 12.1 Å². The van der Waals surface area contributed by atoms with Gasteiger partial charge in [-0.3, -0.25) is 4.79 Å². The molecule has 0 spiro atoms. The van der Waals surface area contributed by atoms with Crippen LogP contribution in [0, 0.1) is 5.82 Å². The van der Waals surface area contributed by atoms with E-state index < -0.39 is 29.9 Å². The van der Waals surface area contributed by atoms with Crippen LogP contribution < -0.4 is 0 Å². The summed E-state index contributed by atoms with van der Waals surface area (Å²) in [6, 6.07) is 2.83. The van der Waals surface area contributed by atoms with E-state index in [-0.39, 0.29) is 12.0 Å². The number of rotatable bonds is 3. The molecule has 0 unspecified atom stereocenters. The summed E-state index contributed by atoms with van der Waals surface area (Å²) in [4.78, 5) is 10.2. The van der Waals surface area contributed by atoms with Crippen molar-refractivity contribution in [1.29, 1.82) is 0 Å². The molecule has 2 nitrogen and oxygen atoms in total. The largest absolute Gasteiger partial charge is 0.481 e. The van der Waals surface area contributed by atoms with Crippen molar-refractivity contribution in [2.45, 2.75) is 19.0 Å². The van der Waals surface area contributed by atoms with Gasteiger partial charge in [0.05, 0.1) is 5.56 Å². The predicted molar refractivity (Wildman–Crippen MR) is 47.4 cm³/mol. The van der Waals surface area contributed by atoms with Crippen LogP contribution in [0.5, 0.6) is 0 Å². The van der Waals surface area contributed by atoms with Gasteiger partial charge in [0.25, 0.3) is 0 Å². The van der Waals surface area contributed by atoms with E-state index in [4.69, 9.17) is 5.11 Å². The number of aryl methyl sites for hydroxylation is 1. The Morgan fingerprint density at radius 2 is 1.94 bits per heavy atom. The molecule has 0 fully saturated rings. The summed E-state index contributed by atoms with van der Waals surface area (Å²) >= 11 is 0. The van der Waals surface area contributed by atoms with Gasteiger partial charge in [0.1, 0.15) is 5.82 Å². The summed E-state index contributed by atoms with van der Waals surface area (Å²) in [5.74, 6) is -2.58. The number of hydrogen-bond acceptors (Lipinski definition) is 1. The minimum atomic E-state index is -4.76. The number of aliphatic carboxylic acids is 1. The highest BCUT2D eigenvalue weighted by molar-refractivity contribution is 5.67. The van der Waals surface area contributed by atoms with E-state index in [0.29, 0.717) is 6.07 Å². The average molecular weight is 236 g/mol. The molecule has 0 amide bonds.